The predicted octanol–water partition coefficient (Wildman–Crippen LogP) is 6.29. The van der Waals surface area contributed by atoms with Crippen molar-refractivity contribution in [3.63, 3.8) is 0 Å². The molecule has 176 valence electrons. The number of hydrogen-bond acceptors (Lipinski definition) is 5. The molecule has 1 amide bonds. The second-order valence-electron chi connectivity index (χ2n) is 8.03. The zero-order valence-electron chi connectivity index (χ0n) is 19.3. The van der Waals surface area contributed by atoms with E-state index in [0.29, 0.717) is 45.0 Å². The zero-order valence-corrected chi connectivity index (χ0v) is 20.8. The number of anilines is 1. The number of benzene rings is 2. The summed E-state index contributed by atoms with van der Waals surface area (Å²) < 4.78 is 12.9. The molecule has 0 aliphatic heterocycles. The molecular formula is C25H24Cl2N4O3. The molecule has 0 saturated heterocycles. The first-order chi connectivity index (χ1) is 16.2. The van der Waals surface area contributed by atoms with E-state index in [2.05, 4.69) is 15.6 Å². The molecule has 0 radical (unpaired) electrons. The van der Waals surface area contributed by atoms with E-state index >= 15 is 0 Å². The molecule has 0 fully saturated rings. The van der Waals surface area contributed by atoms with E-state index in [1.807, 2.05) is 45.0 Å². The molecule has 0 unspecified atom stereocenters. The summed E-state index contributed by atoms with van der Waals surface area (Å²) in [5, 5.41) is 12.6. The molecule has 0 spiro atoms. The monoisotopic (exact) mass is 498 g/mol. The maximum Gasteiger partial charge on any atom is 0.278 e. The van der Waals surface area contributed by atoms with Crippen LogP contribution >= 0.6 is 23.2 Å². The lowest BCUT2D eigenvalue weighted by Gasteiger charge is -2.10. The van der Waals surface area contributed by atoms with E-state index in [-0.39, 0.29) is 12.3 Å². The number of nitrogens with zero attached hydrogens (tertiary/aromatic N) is 3. The number of rotatable bonds is 7. The molecule has 0 bridgehead atoms. The van der Waals surface area contributed by atoms with Crippen LogP contribution in [0.15, 0.2) is 47.0 Å². The molecule has 7 nitrogen and oxygen atoms in total. The van der Waals surface area contributed by atoms with Gasteiger partial charge >= 0.3 is 0 Å². The molecule has 34 heavy (non-hydrogen) atoms. The number of aryl methyl sites for hydroxylation is 3. The third-order valence-electron chi connectivity index (χ3n) is 5.59. The summed E-state index contributed by atoms with van der Waals surface area (Å²) in [4.78, 5) is 13.1. The molecule has 0 aliphatic rings. The minimum Gasteiger partial charge on any atom is -0.489 e. The fraction of sp³-hybridized carbons (Fsp3) is 0.240. The van der Waals surface area contributed by atoms with Crippen LogP contribution in [0.4, 0.5) is 5.69 Å². The summed E-state index contributed by atoms with van der Waals surface area (Å²) >= 11 is 12.6. The predicted molar refractivity (Wildman–Crippen MR) is 132 cm³/mol. The Hall–Kier alpha value is -3.29. The van der Waals surface area contributed by atoms with Gasteiger partial charge in [-0.2, -0.15) is 5.10 Å². The van der Waals surface area contributed by atoms with Crippen LogP contribution in [-0.4, -0.2) is 20.8 Å². The van der Waals surface area contributed by atoms with Gasteiger partial charge in [-0.3, -0.25) is 9.48 Å². The first-order valence-corrected chi connectivity index (χ1v) is 11.4. The van der Waals surface area contributed by atoms with E-state index in [0.717, 1.165) is 16.8 Å². The Bertz CT molecular complexity index is 1320. The Morgan fingerprint density at radius 2 is 1.71 bits per heavy atom. The van der Waals surface area contributed by atoms with Crippen LogP contribution in [0.1, 0.15) is 44.3 Å². The van der Waals surface area contributed by atoms with Crippen molar-refractivity contribution in [3.05, 3.63) is 92.0 Å². The molecule has 2 aromatic carbocycles. The molecule has 0 atom stereocenters. The fourth-order valence-corrected chi connectivity index (χ4v) is 4.08. The largest absolute Gasteiger partial charge is 0.489 e. The summed E-state index contributed by atoms with van der Waals surface area (Å²) in [6.45, 7) is 7.98. The maximum atomic E-state index is 13.1. The van der Waals surface area contributed by atoms with Gasteiger partial charge in [0.05, 0.1) is 29.2 Å². The van der Waals surface area contributed by atoms with Crippen molar-refractivity contribution in [1.82, 2.24) is 14.9 Å². The van der Waals surface area contributed by atoms with Crippen LogP contribution in [0.25, 0.3) is 0 Å². The van der Waals surface area contributed by atoms with E-state index in [1.165, 1.54) is 0 Å². The molecule has 9 heteroatoms. The molecule has 0 saturated carbocycles. The van der Waals surface area contributed by atoms with Gasteiger partial charge in [-0.1, -0.05) is 52.1 Å². The third kappa shape index (κ3) is 4.95. The Balaban J connectivity index is 1.53. The highest BCUT2D eigenvalue weighted by Crippen LogP contribution is 2.28. The Labute approximate surface area is 207 Å². The van der Waals surface area contributed by atoms with Gasteiger partial charge in [0.1, 0.15) is 18.1 Å². The minimum absolute atomic E-state index is 0.156. The van der Waals surface area contributed by atoms with Crippen molar-refractivity contribution in [1.29, 1.82) is 0 Å². The van der Waals surface area contributed by atoms with Crippen molar-refractivity contribution in [3.8, 4) is 5.75 Å². The first-order valence-electron chi connectivity index (χ1n) is 10.7. The van der Waals surface area contributed by atoms with Gasteiger partial charge in [-0.25, -0.2) is 0 Å². The Morgan fingerprint density at radius 1 is 1.03 bits per heavy atom. The number of aromatic nitrogens is 3. The van der Waals surface area contributed by atoms with E-state index in [1.54, 1.807) is 29.8 Å². The molecule has 1 N–H and O–H groups in total. The zero-order chi connectivity index (χ0) is 24.4. The quantitative estimate of drug-likeness (QED) is 0.323. The summed E-state index contributed by atoms with van der Waals surface area (Å²) in [5.74, 6) is 0.819. The highest BCUT2D eigenvalue weighted by atomic mass is 35.5. The van der Waals surface area contributed by atoms with Crippen LogP contribution < -0.4 is 10.1 Å². The topological polar surface area (TPSA) is 82.2 Å². The van der Waals surface area contributed by atoms with Crippen molar-refractivity contribution < 1.29 is 14.1 Å². The highest BCUT2D eigenvalue weighted by molar-refractivity contribution is 6.36. The standard InChI is InChI=1S/C25H24Cl2N4O3/c1-14-8-10-18(11-9-14)33-13-20-17(4)34-30-24(20)25(32)28-23-15(2)29-31(16(23)3)12-19-21(26)6-5-7-22(19)27/h5-11H,12-13H2,1-4H3,(H,28,32). The number of nitrogens with one attached hydrogen (secondary N) is 1. The lowest BCUT2D eigenvalue weighted by atomic mass is 10.2. The van der Waals surface area contributed by atoms with Gasteiger partial charge in [0.25, 0.3) is 5.91 Å². The van der Waals surface area contributed by atoms with Gasteiger partial charge in [-0.15, -0.1) is 0 Å². The Kier molecular flexibility index (Phi) is 6.95. The number of carbonyl (C=O) groups excluding carboxylic acids is 1. The number of halogens is 2. The smallest absolute Gasteiger partial charge is 0.278 e. The molecule has 2 heterocycles. The van der Waals surface area contributed by atoms with Crippen LogP contribution in [-0.2, 0) is 13.2 Å². The maximum absolute atomic E-state index is 13.1. The molecule has 0 aliphatic carbocycles. The lowest BCUT2D eigenvalue weighted by Crippen LogP contribution is -2.16. The van der Waals surface area contributed by atoms with Crippen molar-refractivity contribution in [2.45, 2.75) is 40.8 Å². The normalized spacial score (nSPS) is 11.0. The molecular weight excluding hydrogens is 475 g/mol. The van der Waals surface area contributed by atoms with Crippen molar-refractivity contribution >= 4 is 34.8 Å². The van der Waals surface area contributed by atoms with Crippen molar-refractivity contribution in [2.24, 2.45) is 0 Å². The van der Waals surface area contributed by atoms with E-state index in [4.69, 9.17) is 32.5 Å². The van der Waals surface area contributed by atoms with Gasteiger partial charge in [0, 0.05) is 15.6 Å². The van der Waals surface area contributed by atoms with E-state index < -0.39 is 5.91 Å². The van der Waals surface area contributed by atoms with Gasteiger partial charge < -0.3 is 14.6 Å². The SMILES string of the molecule is Cc1ccc(OCc2c(C(=O)Nc3c(C)nn(Cc4c(Cl)cccc4Cl)c3C)noc2C)cc1. The summed E-state index contributed by atoms with van der Waals surface area (Å²) in [6.07, 6.45) is 0. The number of hydrogen-bond donors (Lipinski definition) is 1. The number of amides is 1. The second-order valence-corrected chi connectivity index (χ2v) is 8.84. The summed E-state index contributed by atoms with van der Waals surface area (Å²) in [7, 11) is 0. The molecule has 4 rings (SSSR count). The van der Waals surface area contributed by atoms with Gasteiger partial charge in [0.15, 0.2) is 5.69 Å². The summed E-state index contributed by atoms with van der Waals surface area (Å²) in [6, 6.07) is 13.0. The van der Waals surface area contributed by atoms with Crippen LogP contribution in [0.3, 0.4) is 0 Å². The van der Waals surface area contributed by atoms with Crippen LogP contribution in [0.5, 0.6) is 5.75 Å². The summed E-state index contributed by atoms with van der Waals surface area (Å²) in [5.41, 5.74) is 4.67. The van der Waals surface area contributed by atoms with Gasteiger partial charge in [0.2, 0.25) is 0 Å². The van der Waals surface area contributed by atoms with Crippen molar-refractivity contribution in [2.75, 3.05) is 5.32 Å². The first kappa shape index (κ1) is 23.9. The van der Waals surface area contributed by atoms with E-state index in [9.17, 15) is 4.79 Å². The second kappa shape index (κ2) is 9.91. The van der Waals surface area contributed by atoms with Crippen LogP contribution in [0, 0.1) is 27.7 Å². The molecule has 4 aromatic rings. The number of carbonyl (C=O) groups is 1. The average molecular weight is 499 g/mol. The minimum atomic E-state index is -0.402. The number of ether oxygens (including phenoxy) is 1. The van der Waals surface area contributed by atoms with Crippen LogP contribution in [0.2, 0.25) is 10.0 Å². The lowest BCUT2D eigenvalue weighted by molar-refractivity contribution is 0.101. The average Bonchev–Trinajstić information content (AvgIpc) is 3.30. The Morgan fingerprint density at radius 3 is 2.38 bits per heavy atom. The fourth-order valence-electron chi connectivity index (χ4n) is 3.57. The third-order valence-corrected chi connectivity index (χ3v) is 6.30. The molecule has 2 aromatic heterocycles. The highest BCUT2D eigenvalue weighted by Gasteiger charge is 2.23. The van der Waals surface area contributed by atoms with Gasteiger partial charge in [-0.05, 0) is 52.0 Å².